The Labute approximate surface area is 525 Å². The molecule has 10 rings (SSSR count). The quantitative estimate of drug-likeness (QED) is 0.0567. The fourth-order valence-electron chi connectivity index (χ4n) is 10.1. The Bertz CT molecular complexity index is 4410. The van der Waals surface area contributed by atoms with Crippen LogP contribution in [0.4, 0.5) is 20.2 Å². The van der Waals surface area contributed by atoms with E-state index >= 15 is 4.39 Å². The summed E-state index contributed by atoms with van der Waals surface area (Å²) in [5.41, 5.74) is 9.60. The van der Waals surface area contributed by atoms with Crippen molar-refractivity contribution in [3.8, 4) is 56.0 Å². The van der Waals surface area contributed by atoms with Gasteiger partial charge in [0.1, 0.15) is 34.3 Å². The Balaban J connectivity index is 0.000000230. The summed E-state index contributed by atoms with van der Waals surface area (Å²) in [5, 5.41) is 14.8. The molecule has 0 saturated carbocycles. The van der Waals surface area contributed by atoms with Crippen LogP contribution in [0.2, 0.25) is 10.0 Å². The molecule has 4 heterocycles. The topological polar surface area (TPSA) is 278 Å². The first-order valence-electron chi connectivity index (χ1n) is 27.5. The van der Waals surface area contributed by atoms with Crippen molar-refractivity contribution in [3.63, 3.8) is 0 Å². The fraction of sp³-hybridized carbons (Fsp3) is 0.246. The minimum absolute atomic E-state index is 0. The monoisotopic (exact) mass is 1270 g/mol. The molecule has 6 aromatic carbocycles. The van der Waals surface area contributed by atoms with E-state index in [0.29, 0.717) is 115 Å². The lowest BCUT2D eigenvalue weighted by Gasteiger charge is -2.18. The summed E-state index contributed by atoms with van der Waals surface area (Å²) in [6, 6.07) is 27.0. The Hall–Kier alpha value is -9.81. The molecule has 2 aliphatic heterocycles. The Morgan fingerprint density at radius 2 is 1.04 bits per heavy atom. The highest BCUT2D eigenvalue weighted by atomic mass is 35.5. The van der Waals surface area contributed by atoms with Gasteiger partial charge in [-0.25, -0.2) is 18.4 Å². The van der Waals surface area contributed by atoms with Crippen LogP contribution in [0.25, 0.3) is 44.5 Å². The number of aromatic nitrogens is 4. The maximum atomic E-state index is 15.4. The number of anilines is 2. The minimum Gasteiger partial charge on any atom is -0.496 e. The van der Waals surface area contributed by atoms with Crippen molar-refractivity contribution in [2.24, 2.45) is 33.9 Å². The molecular formula is C65H66Cl2F2N10O11. The number of halogens is 4. The number of nitrogens with one attached hydrogen (secondary N) is 5. The van der Waals surface area contributed by atoms with Crippen LogP contribution in [-0.2, 0) is 44.3 Å². The molecule has 90 heavy (non-hydrogen) atoms. The fourth-order valence-corrected chi connectivity index (χ4v) is 10.8. The molecule has 2 fully saturated rings. The van der Waals surface area contributed by atoms with Crippen molar-refractivity contribution in [1.29, 1.82) is 0 Å². The average molecular weight is 1270 g/mol. The number of rotatable bonds is 14. The number of hydrogen-bond donors (Lipinski definition) is 6. The van der Waals surface area contributed by atoms with Crippen molar-refractivity contribution in [2.75, 3.05) is 37.9 Å². The molecule has 8 aromatic rings. The number of nitrogens with zero attached hydrogens (tertiary/aromatic N) is 4. The lowest BCUT2D eigenvalue weighted by molar-refractivity contribution is -0.120. The number of aryl methyl sites for hydroxylation is 2. The van der Waals surface area contributed by atoms with Crippen LogP contribution in [0, 0.1) is 25.5 Å². The summed E-state index contributed by atoms with van der Waals surface area (Å²) in [4.78, 5) is 108. The van der Waals surface area contributed by atoms with Gasteiger partial charge in [-0.3, -0.25) is 42.7 Å². The summed E-state index contributed by atoms with van der Waals surface area (Å²) in [7, 11) is 8.34. The molecule has 0 radical (unpaired) electrons. The third-order valence-corrected chi connectivity index (χ3v) is 15.9. The van der Waals surface area contributed by atoms with Gasteiger partial charge in [-0.1, -0.05) is 91.3 Å². The third kappa shape index (κ3) is 14.5. The molecule has 21 nitrogen and oxygen atoms in total. The number of aldehydes is 1. The number of amides is 4. The zero-order valence-corrected chi connectivity index (χ0v) is 51.0. The van der Waals surface area contributed by atoms with Gasteiger partial charge in [0, 0.05) is 124 Å². The number of nitrogens with two attached hydrogens (primary N) is 1. The molecule has 7 N–H and O–H groups in total. The van der Waals surface area contributed by atoms with Crippen molar-refractivity contribution in [1.82, 2.24) is 34.2 Å². The second-order valence-corrected chi connectivity index (χ2v) is 21.7. The van der Waals surface area contributed by atoms with E-state index in [1.807, 2.05) is 25.1 Å². The standard InChI is InChI=1S/C32H31ClFN5O5.C28H23ClFN3O5.C4H8N2O.CH4/c1-17-20(7-6-10-26(17)37-30(41)24-16-38(2)32(43)39(3)31(24)42)22-9-5-8-21(29(22)33)18-11-25(34)23(27(12-18)44-4)15-35-19-13-28(40)36-14-19;1-15-17(7-6-10-23(15)31-26(35)20-13-32(2)28(37)33(3)27(20)36)19-9-5-8-18(25(19)29)16-11-22(30)21(14-34)24(12-16)38-4;5-3-1-4(7)6-2-3;/h5-12,16,19,35H,13-15H2,1-4H3,(H,36,40)(H,37,41);5-14H,1-4H3,(H,31,35);3H,1-2,5H2,(H,6,7);1H4/t19-;;3-;/m0.0./s1. The number of ether oxygens (including phenoxy) is 2. The van der Waals surface area contributed by atoms with Crippen LogP contribution in [0.5, 0.6) is 11.5 Å². The van der Waals surface area contributed by atoms with Crippen LogP contribution in [0.1, 0.15) is 68.0 Å². The van der Waals surface area contributed by atoms with Crippen molar-refractivity contribution >= 4 is 64.5 Å². The number of carbonyl (C=O) groups excluding carboxylic acids is 5. The molecule has 0 spiro atoms. The molecule has 0 aliphatic carbocycles. The van der Waals surface area contributed by atoms with E-state index in [4.69, 9.17) is 38.4 Å². The molecule has 470 valence electrons. The van der Waals surface area contributed by atoms with E-state index in [1.54, 1.807) is 67.6 Å². The first-order valence-corrected chi connectivity index (χ1v) is 28.3. The first kappa shape index (κ1) is 67.7. The maximum absolute atomic E-state index is 15.4. The van der Waals surface area contributed by atoms with E-state index in [9.17, 15) is 47.5 Å². The van der Waals surface area contributed by atoms with Crippen molar-refractivity contribution < 1.29 is 42.2 Å². The lowest BCUT2D eigenvalue weighted by Crippen LogP contribution is -2.40. The van der Waals surface area contributed by atoms with Gasteiger partial charge >= 0.3 is 11.4 Å². The van der Waals surface area contributed by atoms with Gasteiger partial charge in [0.25, 0.3) is 22.9 Å². The van der Waals surface area contributed by atoms with Gasteiger partial charge in [0.15, 0.2) is 6.29 Å². The van der Waals surface area contributed by atoms with Gasteiger partial charge in [-0.2, -0.15) is 0 Å². The molecule has 2 saturated heterocycles. The second kappa shape index (κ2) is 29.0. The summed E-state index contributed by atoms with van der Waals surface area (Å²) in [5.74, 6) is -2.07. The van der Waals surface area contributed by atoms with Crippen LogP contribution in [0.15, 0.2) is 129 Å². The smallest absolute Gasteiger partial charge is 0.330 e. The normalized spacial score (nSPS) is 14.0. The lowest BCUT2D eigenvalue weighted by atomic mass is 9.94. The Morgan fingerprint density at radius 3 is 1.46 bits per heavy atom. The highest BCUT2D eigenvalue weighted by molar-refractivity contribution is 6.36. The Kier molecular flexibility index (Phi) is 21.8. The van der Waals surface area contributed by atoms with Gasteiger partial charge in [0.05, 0.1) is 29.8 Å². The summed E-state index contributed by atoms with van der Waals surface area (Å²) in [6.07, 6.45) is 3.63. The zero-order chi connectivity index (χ0) is 64.7. The summed E-state index contributed by atoms with van der Waals surface area (Å²) in [6.45, 7) is 4.92. The summed E-state index contributed by atoms with van der Waals surface area (Å²) < 4.78 is 44.8. The van der Waals surface area contributed by atoms with E-state index in [0.717, 1.165) is 19.3 Å². The Morgan fingerprint density at radius 1 is 0.622 bits per heavy atom. The molecular weight excluding hydrogens is 1210 g/mol. The van der Waals surface area contributed by atoms with E-state index in [-0.39, 0.29) is 60.3 Å². The minimum atomic E-state index is -0.735. The van der Waals surface area contributed by atoms with Crippen LogP contribution >= 0.6 is 23.2 Å². The average Bonchev–Trinajstić information content (AvgIpc) is 0.980. The third-order valence-electron chi connectivity index (χ3n) is 15.1. The molecule has 0 bridgehead atoms. The molecule has 2 atom stereocenters. The predicted octanol–water partition coefficient (Wildman–Crippen LogP) is 7.82. The van der Waals surface area contributed by atoms with Gasteiger partial charge in [0.2, 0.25) is 11.8 Å². The number of hydrogen-bond acceptors (Lipinski definition) is 13. The van der Waals surface area contributed by atoms with Crippen LogP contribution < -0.4 is 64.3 Å². The highest BCUT2D eigenvalue weighted by Gasteiger charge is 2.25. The van der Waals surface area contributed by atoms with Crippen LogP contribution in [-0.4, -0.2) is 87.6 Å². The number of benzene rings is 6. The molecule has 25 heteroatoms. The maximum Gasteiger partial charge on any atom is 0.330 e. The molecule has 0 unspecified atom stereocenters. The molecule has 2 aromatic heterocycles. The van der Waals surface area contributed by atoms with Crippen molar-refractivity contribution in [3.05, 3.63) is 206 Å². The molecule has 2 aliphatic rings. The second-order valence-electron chi connectivity index (χ2n) is 21.0. The SMILES string of the molecule is C.COc1cc(-c2cccc(-c3cccc(NC(=O)c4cn(C)c(=O)n(C)c4=O)c3C)c2Cl)cc(F)c1C=O.COc1cc(-c2cccc(-c3cccc(NC(=O)c4cn(C)c(=O)n(C)c4=O)c3C)c2Cl)cc(F)c1CN[C@@H]1CNC(=O)C1.N[C@@H]1CNC(=O)C1. The van der Waals surface area contributed by atoms with E-state index < -0.39 is 45.9 Å². The number of methoxy groups -OCH3 is 2. The summed E-state index contributed by atoms with van der Waals surface area (Å²) >= 11 is 13.7. The van der Waals surface area contributed by atoms with Gasteiger partial charge in [-0.15, -0.1) is 0 Å². The van der Waals surface area contributed by atoms with Gasteiger partial charge < -0.3 is 50.9 Å². The van der Waals surface area contributed by atoms with E-state index in [1.165, 1.54) is 77.6 Å². The van der Waals surface area contributed by atoms with E-state index in [2.05, 4.69) is 26.6 Å². The largest absolute Gasteiger partial charge is 0.496 e. The van der Waals surface area contributed by atoms with Crippen molar-refractivity contribution in [2.45, 2.75) is 52.7 Å². The first-order chi connectivity index (χ1) is 42.4. The highest BCUT2D eigenvalue weighted by Crippen LogP contribution is 2.43. The number of carbonyl (C=O) groups is 5. The van der Waals surface area contributed by atoms with Crippen LogP contribution in [0.3, 0.4) is 0 Å². The predicted molar refractivity (Wildman–Crippen MR) is 343 cm³/mol. The van der Waals surface area contributed by atoms with Gasteiger partial charge in [-0.05, 0) is 83.6 Å². The molecule has 4 amide bonds. The zero-order valence-electron chi connectivity index (χ0n) is 49.5.